The van der Waals surface area contributed by atoms with Gasteiger partial charge in [-0.2, -0.15) is 0 Å². The first-order valence-electron chi connectivity index (χ1n) is 5.49. The first kappa shape index (κ1) is 14.7. The Morgan fingerprint density at radius 2 is 2.06 bits per heavy atom. The second-order valence-electron chi connectivity index (χ2n) is 4.33. The van der Waals surface area contributed by atoms with E-state index in [1.54, 1.807) is 0 Å². The Balaban J connectivity index is 2.64. The minimum Gasteiger partial charge on any atom is -0.324 e. The number of hydrogen-bond donors (Lipinski definition) is 1. The summed E-state index contributed by atoms with van der Waals surface area (Å²) in [5.41, 5.74) is 8.28. The molecule has 0 spiro atoms. The van der Waals surface area contributed by atoms with Gasteiger partial charge in [0.15, 0.2) is 0 Å². The zero-order valence-corrected chi connectivity index (χ0v) is 12.5. The van der Waals surface area contributed by atoms with Crippen LogP contribution in [0.15, 0.2) is 22.7 Å². The highest BCUT2D eigenvalue weighted by Crippen LogP contribution is 2.25. The van der Waals surface area contributed by atoms with E-state index < -0.39 is 9.84 Å². The Bertz CT molecular complexity index is 485. The number of hydrogen-bond acceptors (Lipinski definition) is 3. The molecular weight excluding hydrogens is 302 g/mol. The molecule has 0 saturated carbocycles. The molecule has 1 rings (SSSR count). The SMILES string of the molecule is Cc1c(Br)cccc1C(N)CCCS(C)(=O)=O. The van der Waals surface area contributed by atoms with Crippen LogP contribution in [0.25, 0.3) is 0 Å². The van der Waals surface area contributed by atoms with Gasteiger partial charge < -0.3 is 5.73 Å². The Morgan fingerprint density at radius 1 is 1.41 bits per heavy atom. The van der Waals surface area contributed by atoms with Crippen LogP contribution in [0.3, 0.4) is 0 Å². The number of benzene rings is 1. The van der Waals surface area contributed by atoms with E-state index in [-0.39, 0.29) is 11.8 Å². The van der Waals surface area contributed by atoms with E-state index in [9.17, 15) is 8.42 Å². The molecule has 1 aromatic carbocycles. The maximum atomic E-state index is 11.0. The molecule has 5 heteroatoms. The predicted octanol–water partition coefficient (Wildman–Crippen LogP) is 2.58. The summed E-state index contributed by atoms with van der Waals surface area (Å²) in [6, 6.07) is 5.81. The van der Waals surface area contributed by atoms with E-state index in [4.69, 9.17) is 5.73 Å². The zero-order chi connectivity index (χ0) is 13.1. The summed E-state index contributed by atoms with van der Waals surface area (Å²) in [5.74, 6) is 0.202. The fourth-order valence-electron chi connectivity index (χ4n) is 1.75. The van der Waals surface area contributed by atoms with Crippen LogP contribution < -0.4 is 5.73 Å². The predicted molar refractivity (Wildman–Crippen MR) is 74.8 cm³/mol. The van der Waals surface area contributed by atoms with Gasteiger partial charge in [0.05, 0.1) is 0 Å². The lowest BCUT2D eigenvalue weighted by Crippen LogP contribution is -2.14. The van der Waals surface area contributed by atoms with Gasteiger partial charge in [0.25, 0.3) is 0 Å². The van der Waals surface area contributed by atoms with E-state index in [2.05, 4.69) is 15.9 Å². The third kappa shape index (κ3) is 4.77. The van der Waals surface area contributed by atoms with Crippen LogP contribution in [0.1, 0.15) is 30.0 Å². The van der Waals surface area contributed by atoms with Gasteiger partial charge in [-0.05, 0) is 37.0 Å². The number of halogens is 1. The van der Waals surface area contributed by atoms with Gasteiger partial charge in [0, 0.05) is 22.5 Å². The summed E-state index contributed by atoms with van der Waals surface area (Å²) in [7, 11) is -2.89. The lowest BCUT2D eigenvalue weighted by atomic mass is 9.99. The highest BCUT2D eigenvalue weighted by Gasteiger charge is 2.11. The fourth-order valence-corrected chi connectivity index (χ4v) is 2.82. The summed E-state index contributed by atoms with van der Waals surface area (Å²) in [5, 5.41) is 0. The normalized spacial score (nSPS) is 13.6. The van der Waals surface area contributed by atoms with Crippen LogP contribution in [0.5, 0.6) is 0 Å². The molecule has 0 aliphatic carbocycles. The quantitative estimate of drug-likeness (QED) is 0.907. The molecule has 2 N–H and O–H groups in total. The van der Waals surface area contributed by atoms with E-state index in [1.165, 1.54) is 6.26 Å². The molecule has 0 aliphatic heterocycles. The minimum atomic E-state index is -2.89. The van der Waals surface area contributed by atoms with Crippen LogP contribution in [0.2, 0.25) is 0 Å². The van der Waals surface area contributed by atoms with Crippen LogP contribution in [-0.4, -0.2) is 20.4 Å². The van der Waals surface area contributed by atoms with Crippen molar-refractivity contribution < 1.29 is 8.42 Å². The van der Waals surface area contributed by atoms with Crippen LogP contribution in [0, 0.1) is 6.92 Å². The molecule has 0 saturated heterocycles. The second kappa shape index (κ2) is 5.98. The third-order valence-electron chi connectivity index (χ3n) is 2.74. The number of rotatable bonds is 5. The van der Waals surface area contributed by atoms with Crippen LogP contribution >= 0.6 is 15.9 Å². The molecule has 1 atom stereocenters. The summed E-state index contributed by atoms with van der Waals surface area (Å²) in [4.78, 5) is 0. The van der Waals surface area contributed by atoms with Crippen molar-refractivity contribution in [2.45, 2.75) is 25.8 Å². The van der Waals surface area contributed by atoms with E-state index in [0.717, 1.165) is 15.6 Å². The molecule has 0 fully saturated rings. The van der Waals surface area contributed by atoms with Gasteiger partial charge in [-0.1, -0.05) is 28.1 Å². The van der Waals surface area contributed by atoms with E-state index in [0.29, 0.717) is 12.8 Å². The van der Waals surface area contributed by atoms with Crippen molar-refractivity contribution in [3.8, 4) is 0 Å². The standard InChI is InChI=1S/C12H18BrNO2S/c1-9-10(5-3-6-11(9)13)12(14)7-4-8-17(2,15)16/h3,5-6,12H,4,7-8,14H2,1-2H3. The Morgan fingerprint density at radius 3 is 2.65 bits per heavy atom. The number of nitrogens with two attached hydrogens (primary N) is 1. The fraction of sp³-hybridized carbons (Fsp3) is 0.500. The molecule has 0 heterocycles. The molecule has 1 unspecified atom stereocenters. The summed E-state index contributed by atoms with van der Waals surface area (Å²) < 4.78 is 23.1. The highest BCUT2D eigenvalue weighted by molar-refractivity contribution is 9.10. The number of sulfone groups is 1. The van der Waals surface area contributed by atoms with Crippen molar-refractivity contribution in [2.75, 3.05) is 12.0 Å². The lowest BCUT2D eigenvalue weighted by Gasteiger charge is -2.15. The van der Waals surface area contributed by atoms with Gasteiger partial charge in [-0.15, -0.1) is 0 Å². The van der Waals surface area contributed by atoms with Gasteiger partial charge in [0.2, 0.25) is 0 Å². The van der Waals surface area contributed by atoms with Gasteiger partial charge >= 0.3 is 0 Å². The third-order valence-corrected chi connectivity index (χ3v) is 4.63. The molecule has 3 nitrogen and oxygen atoms in total. The summed E-state index contributed by atoms with van der Waals surface area (Å²) >= 11 is 3.46. The molecule has 1 aromatic rings. The lowest BCUT2D eigenvalue weighted by molar-refractivity contribution is 0.587. The van der Waals surface area contributed by atoms with Crippen molar-refractivity contribution in [1.29, 1.82) is 0 Å². The Labute approximate surface area is 111 Å². The highest BCUT2D eigenvalue weighted by atomic mass is 79.9. The van der Waals surface area contributed by atoms with Crippen molar-refractivity contribution in [3.63, 3.8) is 0 Å². The van der Waals surface area contributed by atoms with E-state index in [1.807, 2.05) is 25.1 Å². The molecule has 0 amide bonds. The van der Waals surface area contributed by atoms with E-state index >= 15 is 0 Å². The van der Waals surface area contributed by atoms with Crippen molar-refractivity contribution in [2.24, 2.45) is 5.73 Å². The molecular formula is C12H18BrNO2S. The largest absolute Gasteiger partial charge is 0.324 e. The molecule has 17 heavy (non-hydrogen) atoms. The van der Waals surface area contributed by atoms with Gasteiger partial charge in [-0.25, -0.2) is 8.42 Å². The minimum absolute atomic E-state index is 0.103. The summed E-state index contributed by atoms with van der Waals surface area (Å²) in [6.07, 6.45) is 2.54. The van der Waals surface area contributed by atoms with Gasteiger partial charge in [0.1, 0.15) is 9.84 Å². The molecule has 0 bridgehead atoms. The average Bonchev–Trinajstić information content (AvgIpc) is 2.20. The van der Waals surface area contributed by atoms with Gasteiger partial charge in [-0.3, -0.25) is 0 Å². The maximum absolute atomic E-state index is 11.0. The average molecular weight is 320 g/mol. The first-order chi connectivity index (χ1) is 7.81. The molecule has 0 aliphatic rings. The monoisotopic (exact) mass is 319 g/mol. The Kier molecular flexibility index (Phi) is 5.16. The second-order valence-corrected chi connectivity index (χ2v) is 7.45. The van der Waals surface area contributed by atoms with Crippen LogP contribution in [-0.2, 0) is 9.84 Å². The van der Waals surface area contributed by atoms with Crippen molar-refractivity contribution >= 4 is 25.8 Å². The molecule has 0 aromatic heterocycles. The first-order valence-corrected chi connectivity index (χ1v) is 8.35. The van der Waals surface area contributed by atoms with Crippen LogP contribution in [0.4, 0.5) is 0 Å². The molecule has 96 valence electrons. The smallest absolute Gasteiger partial charge is 0.147 e. The molecule has 0 radical (unpaired) electrons. The topological polar surface area (TPSA) is 60.2 Å². The van der Waals surface area contributed by atoms with Crippen molar-refractivity contribution in [3.05, 3.63) is 33.8 Å². The Hall–Kier alpha value is -0.390. The van der Waals surface area contributed by atoms with Crippen molar-refractivity contribution in [1.82, 2.24) is 0 Å². The summed E-state index contributed by atoms with van der Waals surface area (Å²) in [6.45, 7) is 2.01. The maximum Gasteiger partial charge on any atom is 0.147 e. The zero-order valence-electron chi connectivity index (χ0n) is 10.1.